The van der Waals surface area contributed by atoms with E-state index in [1.54, 1.807) is 7.05 Å². The first-order valence-electron chi connectivity index (χ1n) is 9.00. The molecule has 3 N–H and O–H groups in total. The largest absolute Gasteiger partial charge is 0.396 e. The molecule has 1 atom stereocenters. The lowest BCUT2D eigenvalue weighted by atomic mass is 10.0. The fourth-order valence-electron chi connectivity index (χ4n) is 3.03. The van der Waals surface area contributed by atoms with Crippen LogP contribution in [0.4, 0.5) is 0 Å². The molecular weight excluding hydrogens is 316 g/mol. The Kier molecular flexibility index (Phi) is 7.68. The van der Waals surface area contributed by atoms with Crippen LogP contribution in [-0.4, -0.2) is 74.6 Å². The number of guanidine groups is 1. The van der Waals surface area contributed by atoms with Gasteiger partial charge < -0.3 is 20.5 Å². The molecule has 1 saturated heterocycles. The summed E-state index contributed by atoms with van der Waals surface area (Å²) in [6, 6.07) is 10.1. The summed E-state index contributed by atoms with van der Waals surface area (Å²) in [6.45, 7) is 9.52. The lowest BCUT2D eigenvalue weighted by Gasteiger charge is -2.41. The molecule has 1 aromatic rings. The normalized spacial score (nSPS) is 18.0. The maximum Gasteiger partial charge on any atom is 0.191 e. The van der Waals surface area contributed by atoms with E-state index in [4.69, 9.17) is 4.74 Å². The third-order valence-corrected chi connectivity index (χ3v) is 4.79. The van der Waals surface area contributed by atoms with Gasteiger partial charge in [0, 0.05) is 44.7 Å². The highest BCUT2D eigenvalue weighted by atomic mass is 16.5. The quantitative estimate of drug-likeness (QED) is 0.507. The highest BCUT2D eigenvalue weighted by molar-refractivity contribution is 5.79. The van der Waals surface area contributed by atoms with Crippen molar-refractivity contribution in [1.29, 1.82) is 0 Å². The highest BCUT2D eigenvalue weighted by Crippen LogP contribution is 2.15. The van der Waals surface area contributed by atoms with Gasteiger partial charge in [-0.2, -0.15) is 0 Å². The first-order valence-corrected chi connectivity index (χ1v) is 9.00. The van der Waals surface area contributed by atoms with E-state index in [1.807, 2.05) is 30.3 Å². The van der Waals surface area contributed by atoms with Crippen molar-refractivity contribution in [2.24, 2.45) is 4.99 Å². The Bertz CT molecular complexity index is 527. The number of aliphatic hydroxyl groups excluding tert-OH is 1. The Hall–Kier alpha value is -1.63. The summed E-state index contributed by atoms with van der Waals surface area (Å²) in [4.78, 5) is 6.75. The number of aliphatic hydroxyl groups is 1. The van der Waals surface area contributed by atoms with Crippen molar-refractivity contribution in [2.75, 3.05) is 53.0 Å². The van der Waals surface area contributed by atoms with Crippen molar-refractivity contribution in [3.8, 4) is 0 Å². The van der Waals surface area contributed by atoms with Gasteiger partial charge in [0.2, 0.25) is 0 Å². The number of hydrogen-bond acceptors (Lipinski definition) is 4. The van der Waals surface area contributed by atoms with E-state index in [2.05, 4.69) is 34.4 Å². The van der Waals surface area contributed by atoms with Gasteiger partial charge in [-0.15, -0.1) is 0 Å². The minimum Gasteiger partial charge on any atom is -0.396 e. The minimum absolute atomic E-state index is 0.0250. The van der Waals surface area contributed by atoms with Crippen molar-refractivity contribution in [3.63, 3.8) is 0 Å². The number of morpholine rings is 1. The van der Waals surface area contributed by atoms with Crippen molar-refractivity contribution in [1.82, 2.24) is 15.5 Å². The molecule has 2 rings (SSSR count). The van der Waals surface area contributed by atoms with Crippen molar-refractivity contribution < 1.29 is 9.84 Å². The molecule has 1 unspecified atom stereocenters. The van der Waals surface area contributed by atoms with Crippen LogP contribution in [0.3, 0.4) is 0 Å². The minimum atomic E-state index is 0.0250. The Morgan fingerprint density at radius 3 is 2.52 bits per heavy atom. The third kappa shape index (κ3) is 5.99. The van der Waals surface area contributed by atoms with E-state index in [1.165, 1.54) is 0 Å². The van der Waals surface area contributed by atoms with Gasteiger partial charge in [0.1, 0.15) is 0 Å². The first kappa shape index (κ1) is 19.7. The van der Waals surface area contributed by atoms with Crippen molar-refractivity contribution in [3.05, 3.63) is 35.9 Å². The molecular formula is C19H32N4O2. The maximum atomic E-state index is 9.68. The SMILES string of the molecule is CN=C(NCC(CO)c1ccccc1)NCC(C)(C)N1CCOCC1. The molecule has 1 fully saturated rings. The molecule has 1 aromatic carbocycles. The zero-order chi connectivity index (χ0) is 18.1. The Labute approximate surface area is 151 Å². The van der Waals surface area contributed by atoms with E-state index >= 15 is 0 Å². The van der Waals surface area contributed by atoms with Crippen molar-refractivity contribution >= 4 is 5.96 Å². The van der Waals surface area contributed by atoms with Crippen LogP contribution in [0.5, 0.6) is 0 Å². The molecule has 0 aromatic heterocycles. The molecule has 0 radical (unpaired) electrons. The van der Waals surface area contributed by atoms with Gasteiger partial charge in [-0.05, 0) is 19.4 Å². The van der Waals surface area contributed by atoms with Crippen LogP contribution < -0.4 is 10.6 Å². The Balaban J connectivity index is 1.83. The topological polar surface area (TPSA) is 69.1 Å². The smallest absolute Gasteiger partial charge is 0.191 e. The summed E-state index contributed by atoms with van der Waals surface area (Å²) in [5.41, 5.74) is 1.15. The van der Waals surface area contributed by atoms with Gasteiger partial charge in [-0.3, -0.25) is 9.89 Å². The van der Waals surface area contributed by atoms with Crippen LogP contribution in [0, 0.1) is 0 Å². The Morgan fingerprint density at radius 1 is 1.24 bits per heavy atom. The van der Waals surface area contributed by atoms with Crippen LogP contribution in [0.1, 0.15) is 25.3 Å². The zero-order valence-electron chi connectivity index (χ0n) is 15.7. The molecule has 0 saturated carbocycles. The Morgan fingerprint density at radius 2 is 1.92 bits per heavy atom. The summed E-state index contributed by atoms with van der Waals surface area (Å²) in [5, 5.41) is 16.4. The number of aliphatic imine (C=N–C) groups is 1. The highest BCUT2D eigenvalue weighted by Gasteiger charge is 2.28. The first-order chi connectivity index (χ1) is 12.1. The molecule has 1 aliphatic heterocycles. The molecule has 140 valence electrons. The molecule has 0 aliphatic carbocycles. The zero-order valence-corrected chi connectivity index (χ0v) is 15.7. The lowest BCUT2D eigenvalue weighted by Crippen LogP contribution is -2.56. The molecule has 0 amide bonds. The van der Waals surface area contributed by atoms with Gasteiger partial charge in [-0.1, -0.05) is 30.3 Å². The van der Waals surface area contributed by atoms with E-state index in [9.17, 15) is 5.11 Å². The van der Waals surface area contributed by atoms with Gasteiger partial charge in [-0.25, -0.2) is 0 Å². The van der Waals surface area contributed by atoms with E-state index in [0.717, 1.165) is 44.4 Å². The van der Waals surface area contributed by atoms with E-state index in [-0.39, 0.29) is 18.1 Å². The summed E-state index contributed by atoms with van der Waals surface area (Å²) < 4.78 is 5.44. The summed E-state index contributed by atoms with van der Waals surface area (Å²) in [6.07, 6.45) is 0. The van der Waals surface area contributed by atoms with Gasteiger partial charge in [0.15, 0.2) is 5.96 Å². The number of rotatable bonds is 7. The summed E-state index contributed by atoms with van der Waals surface area (Å²) in [5.74, 6) is 0.808. The van der Waals surface area contributed by atoms with E-state index in [0.29, 0.717) is 6.54 Å². The monoisotopic (exact) mass is 348 g/mol. The van der Waals surface area contributed by atoms with Crippen LogP contribution >= 0.6 is 0 Å². The number of nitrogens with zero attached hydrogens (tertiary/aromatic N) is 2. The second kappa shape index (κ2) is 9.75. The average molecular weight is 348 g/mol. The average Bonchev–Trinajstić information content (AvgIpc) is 2.66. The maximum absolute atomic E-state index is 9.68. The summed E-state index contributed by atoms with van der Waals surface area (Å²) >= 11 is 0. The molecule has 1 aliphatic rings. The van der Waals surface area contributed by atoms with Crippen LogP contribution in [0.25, 0.3) is 0 Å². The van der Waals surface area contributed by atoms with Gasteiger partial charge in [0.05, 0.1) is 19.8 Å². The third-order valence-electron chi connectivity index (χ3n) is 4.79. The van der Waals surface area contributed by atoms with Gasteiger partial charge >= 0.3 is 0 Å². The number of benzene rings is 1. The van der Waals surface area contributed by atoms with Crippen molar-refractivity contribution in [2.45, 2.75) is 25.3 Å². The fraction of sp³-hybridized carbons (Fsp3) is 0.632. The fourth-order valence-corrected chi connectivity index (χ4v) is 3.03. The number of nitrogens with one attached hydrogen (secondary N) is 2. The number of hydrogen-bond donors (Lipinski definition) is 3. The predicted molar refractivity (Wildman–Crippen MR) is 102 cm³/mol. The van der Waals surface area contributed by atoms with Gasteiger partial charge in [0.25, 0.3) is 0 Å². The lowest BCUT2D eigenvalue weighted by molar-refractivity contribution is -0.00834. The standard InChI is InChI=1S/C19H32N4O2/c1-19(2,23-9-11-25-12-10-23)15-22-18(20-3)21-13-17(14-24)16-7-5-4-6-8-16/h4-8,17,24H,9-15H2,1-3H3,(H2,20,21,22). The van der Waals surface area contributed by atoms with Crippen LogP contribution in [-0.2, 0) is 4.74 Å². The summed E-state index contributed by atoms with van der Waals surface area (Å²) in [7, 11) is 1.77. The van der Waals surface area contributed by atoms with Crippen LogP contribution in [0.2, 0.25) is 0 Å². The number of ether oxygens (including phenoxy) is 1. The molecule has 6 nitrogen and oxygen atoms in total. The second-order valence-corrected chi connectivity index (χ2v) is 7.01. The molecule has 1 heterocycles. The molecule has 6 heteroatoms. The van der Waals surface area contributed by atoms with E-state index < -0.39 is 0 Å². The molecule has 25 heavy (non-hydrogen) atoms. The molecule has 0 bridgehead atoms. The second-order valence-electron chi connectivity index (χ2n) is 7.01. The van der Waals surface area contributed by atoms with Crippen LogP contribution in [0.15, 0.2) is 35.3 Å². The predicted octanol–water partition coefficient (Wildman–Crippen LogP) is 1.04. The molecule has 0 spiro atoms.